The first-order valence-electron chi connectivity index (χ1n) is 11.2. The number of fused-ring (bicyclic) bond motifs is 3. The maximum Gasteiger partial charge on any atom is 0.410 e. The Bertz CT molecular complexity index is 1110. The second-order valence-electron chi connectivity index (χ2n) is 9.18. The largest absolute Gasteiger partial charge is 0.444 e. The molecule has 0 aliphatic carbocycles. The fraction of sp³-hybridized carbons (Fsp3) is 0.385. The van der Waals surface area contributed by atoms with E-state index in [1.807, 2.05) is 62.1 Å². The summed E-state index contributed by atoms with van der Waals surface area (Å²) < 4.78 is 7.89. The van der Waals surface area contributed by atoms with Crippen LogP contribution in [0, 0.1) is 0 Å². The maximum absolute atomic E-state index is 12.6. The number of rotatable bonds is 4. The molecule has 1 aromatic heterocycles. The van der Waals surface area contributed by atoms with Crippen LogP contribution in [0.15, 0.2) is 54.6 Å². The van der Waals surface area contributed by atoms with Crippen molar-refractivity contribution in [2.75, 3.05) is 19.6 Å². The molecule has 0 bridgehead atoms. The fourth-order valence-corrected chi connectivity index (χ4v) is 4.33. The topological polar surface area (TPSA) is 63.6 Å². The molecule has 2 heterocycles. The molecule has 32 heavy (non-hydrogen) atoms. The predicted octanol–water partition coefficient (Wildman–Crippen LogP) is 4.41. The highest BCUT2D eigenvalue weighted by Crippen LogP contribution is 2.29. The number of nitrogens with zero attached hydrogens (tertiary/aromatic N) is 2. The van der Waals surface area contributed by atoms with E-state index in [9.17, 15) is 9.59 Å². The molecule has 0 radical (unpaired) electrons. The van der Waals surface area contributed by atoms with Crippen molar-refractivity contribution in [3.05, 3.63) is 71.4 Å². The van der Waals surface area contributed by atoms with Crippen LogP contribution in [-0.2, 0) is 24.1 Å². The van der Waals surface area contributed by atoms with Gasteiger partial charge in [-0.25, -0.2) is 4.79 Å². The van der Waals surface area contributed by atoms with Crippen molar-refractivity contribution in [1.29, 1.82) is 0 Å². The van der Waals surface area contributed by atoms with Crippen LogP contribution in [0.4, 0.5) is 4.79 Å². The smallest absolute Gasteiger partial charge is 0.410 e. The third kappa shape index (κ3) is 4.79. The first-order chi connectivity index (χ1) is 15.3. The number of aromatic nitrogens is 1. The molecule has 1 aliphatic rings. The van der Waals surface area contributed by atoms with Crippen LogP contribution in [0.3, 0.4) is 0 Å². The molecule has 0 spiro atoms. The Morgan fingerprint density at radius 3 is 2.41 bits per heavy atom. The number of nitrogens with one attached hydrogen (secondary N) is 1. The molecule has 168 valence electrons. The average molecular weight is 434 g/mol. The zero-order chi connectivity index (χ0) is 22.7. The van der Waals surface area contributed by atoms with Gasteiger partial charge in [-0.15, -0.1) is 0 Å². The summed E-state index contributed by atoms with van der Waals surface area (Å²) in [4.78, 5) is 26.9. The molecule has 2 amide bonds. The number of para-hydroxylation sites is 1. The predicted molar refractivity (Wildman–Crippen MR) is 126 cm³/mol. The monoisotopic (exact) mass is 433 g/mol. The van der Waals surface area contributed by atoms with E-state index < -0.39 is 5.60 Å². The number of ether oxygens (including phenoxy) is 1. The van der Waals surface area contributed by atoms with Crippen LogP contribution >= 0.6 is 0 Å². The molecule has 0 unspecified atom stereocenters. The Balaban J connectivity index is 1.51. The number of benzene rings is 2. The van der Waals surface area contributed by atoms with E-state index in [0.29, 0.717) is 31.7 Å². The highest BCUT2D eigenvalue weighted by atomic mass is 16.6. The van der Waals surface area contributed by atoms with Crippen LogP contribution < -0.4 is 5.32 Å². The normalized spacial score (nSPS) is 14.0. The Morgan fingerprint density at radius 1 is 0.969 bits per heavy atom. The zero-order valence-electron chi connectivity index (χ0n) is 19.1. The van der Waals surface area contributed by atoms with E-state index >= 15 is 0 Å². The van der Waals surface area contributed by atoms with Gasteiger partial charge in [-0.1, -0.05) is 36.4 Å². The van der Waals surface area contributed by atoms with Gasteiger partial charge in [-0.2, -0.15) is 0 Å². The Kier molecular flexibility index (Phi) is 6.21. The molecular formula is C26H31N3O3. The van der Waals surface area contributed by atoms with Gasteiger partial charge in [0.15, 0.2) is 0 Å². The summed E-state index contributed by atoms with van der Waals surface area (Å²) in [5, 5.41) is 4.26. The third-order valence-electron chi connectivity index (χ3n) is 5.75. The lowest BCUT2D eigenvalue weighted by Crippen LogP contribution is -2.38. The highest BCUT2D eigenvalue weighted by molar-refractivity contribution is 5.94. The van der Waals surface area contributed by atoms with E-state index in [1.54, 1.807) is 0 Å². The minimum Gasteiger partial charge on any atom is -0.444 e. The van der Waals surface area contributed by atoms with Crippen molar-refractivity contribution in [2.45, 2.75) is 45.8 Å². The van der Waals surface area contributed by atoms with Crippen molar-refractivity contribution < 1.29 is 14.3 Å². The van der Waals surface area contributed by atoms with Gasteiger partial charge in [0.25, 0.3) is 5.91 Å². The number of hydrogen-bond donors (Lipinski definition) is 1. The van der Waals surface area contributed by atoms with Crippen LogP contribution in [0.2, 0.25) is 0 Å². The quantitative estimate of drug-likeness (QED) is 0.663. The molecular weight excluding hydrogens is 402 g/mol. The molecule has 1 aliphatic heterocycles. The van der Waals surface area contributed by atoms with Crippen LogP contribution in [-0.4, -0.2) is 46.7 Å². The molecule has 3 aromatic rings. The summed E-state index contributed by atoms with van der Waals surface area (Å²) in [6.45, 7) is 8.15. The zero-order valence-corrected chi connectivity index (χ0v) is 19.1. The van der Waals surface area contributed by atoms with Crippen molar-refractivity contribution in [2.24, 2.45) is 0 Å². The van der Waals surface area contributed by atoms with E-state index in [-0.39, 0.29) is 12.0 Å². The minimum absolute atomic E-state index is 0.0655. The van der Waals surface area contributed by atoms with E-state index in [2.05, 4.69) is 28.1 Å². The first kappa shape index (κ1) is 21.9. The molecule has 0 fully saturated rings. The Morgan fingerprint density at radius 2 is 1.66 bits per heavy atom. The minimum atomic E-state index is -0.505. The Hall–Kier alpha value is -3.28. The highest BCUT2D eigenvalue weighted by Gasteiger charge is 2.27. The number of carbonyl (C=O) groups excluding carboxylic acids is 2. The molecule has 1 N–H and O–H groups in total. The summed E-state index contributed by atoms with van der Waals surface area (Å²) in [7, 11) is 0. The lowest BCUT2D eigenvalue weighted by atomic mass is 10.1. The molecule has 4 rings (SSSR count). The number of hydrogen-bond acceptors (Lipinski definition) is 3. The van der Waals surface area contributed by atoms with Gasteiger partial charge in [-0.3, -0.25) is 4.79 Å². The molecule has 6 nitrogen and oxygen atoms in total. The second-order valence-corrected chi connectivity index (χ2v) is 9.18. The summed E-state index contributed by atoms with van der Waals surface area (Å²) in [5.41, 5.74) is 3.87. The number of carbonyl (C=O) groups is 2. The third-order valence-corrected chi connectivity index (χ3v) is 5.75. The van der Waals surface area contributed by atoms with E-state index in [0.717, 1.165) is 12.8 Å². The summed E-state index contributed by atoms with van der Waals surface area (Å²) in [5.74, 6) is -0.0655. The van der Waals surface area contributed by atoms with Crippen molar-refractivity contribution in [1.82, 2.24) is 14.8 Å². The van der Waals surface area contributed by atoms with Crippen LogP contribution in [0.25, 0.3) is 10.9 Å². The van der Waals surface area contributed by atoms with Crippen molar-refractivity contribution in [3.63, 3.8) is 0 Å². The van der Waals surface area contributed by atoms with Crippen molar-refractivity contribution in [3.8, 4) is 0 Å². The van der Waals surface area contributed by atoms with E-state index in [4.69, 9.17) is 4.74 Å². The first-order valence-corrected chi connectivity index (χ1v) is 11.2. The lowest BCUT2D eigenvalue weighted by Gasteiger charge is -2.26. The van der Waals surface area contributed by atoms with Gasteiger partial charge in [0.2, 0.25) is 0 Å². The SMILES string of the molecule is CC(C)(C)OC(=O)N1CCc2c(n(CCNC(=O)c3ccccc3)c3ccccc23)CC1. The molecule has 0 atom stereocenters. The van der Waals surface area contributed by atoms with Gasteiger partial charge in [0.05, 0.1) is 0 Å². The van der Waals surface area contributed by atoms with Crippen molar-refractivity contribution >= 4 is 22.9 Å². The van der Waals surface area contributed by atoms with Gasteiger partial charge in [0, 0.05) is 54.8 Å². The van der Waals surface area contributed by atoms with Gasteiger partial charge in [0.1, 0.15) is 5.60 Å². The Labute approximate surface area is 189 Å². The van der Waals surface area contributed by atoms with Gasteiger partial charge < -0.3 is 19.5 Å². The summed E-state index contributed by atoms with van der Waals surface area (Å²) in [6, 6.07) is 17.7. The number of amides is 2. The van der Waals surface area contributed by atoms with Gasteiger partial charge >= 0.3 is 6.09 Å². The standard InChI is InChI=1S/C26H31N3O3/c1-26(2,3)32-25(31)28-16-13-21-20-11-7-8-12-22(20)29(23(21)14-17-28)18-15-27-24(30)19-9-5-4-6-10-19/h4-12H,13-18H2,1-3H3,(H,27,30). The molecule has 2 aromatic carbocycles. The second kappa shape index (κ2) is 9.07. The molecule has 0 saturated heterocycles. The van der Waals surface area contributed by atoms with E-state index in [1.165, 1.54) is 22.2 Å². The summed E-state index contributed by atoms with van der Waals surface area (Å²) >= 11 is 0. The van der Waals surface area contributed by atoms with Crippen LogP contribution in [0.1, 0.15) is 42.4 Å². The average Bonchev–Trinajstić information content (AvgIpc) is 2.91. The summed E-state index contributed by atoms with van der Waals surface area (Å²) in [6.07, 6.45) is 1.29. The fourth-order valence-electron chi connectivity index (χ4n) is 4.33. The lowest BCUT2D eigenvalue weighted by molar-refractivity contribution is 0.0258. The molecule has 6 heteroatoms. The van der Waals surface area contributed by atoms with Gasteiger partial charge in [-0.05, 0) is 51.0 Å². The van der Waals surface area contributed by atoms with Crippen LogP contribution in [0.5, 0.6) is 0 Å². The maximum atomic E-state index is 12.6. The molecule has 0 saturated carbocycles.